The molecule has 8 heteroatoms. The van der Waals surface area contributed by atoms with Gasteiger partial charge in [-0.25, -0.2) is 14.8 Å². The van der Waals surface area contributed by atoms with Gasteiger partial charge in [-0.3, -0.25) is 4.79 Å². The highest BCUT2D eigenvalue weighted by Crippen LogP contribution is 2.19. The predicted molar refractivity (Wildman–Crippen MR) is 109 cm³/mol. The highest BCUT2D eigenvalue weighted by Gasteiger charge is 2.11. The minimum atomic E-state index is -0.438. The third-order valence-corrected chi connectivity index (χ3v) is 3.88. The summed E-state index contributed by atoms with van der Waals surface area (Å²) in [5, 5.41) is 5.83. The van der Waals surface area contributed by atoms with Crippen LogP contribution < -0.4 is 15.4 Å². The molecule has 1 aromatic heterocycles. The van der Waals surface area contributed by atoms with Crippen molar-refractivity contribution in [3.8, 4) is 5.75 Å². The Morgan fingerprint density at radius 2 is 1.79 bits per heavy atom. The van der Waals surface area contributed by atoms with E-state index in [-0.39, 0.29) is 11.6 Å². The zero-order chi connectivity index (χ0) is 20.6. The molecule has 0 unspecified atom stereocenters. The zero-order valence-electron chi connectivity index (χ0n) is 16.0. The average molecular weight is 392 g/mol. The van der Waals surface area contributed by atoms with Crippen LogP contribution in [0.5, 0.6) is 5.75 Å². The van der Waals surface area contributed by atoms with E-state index in [1.807, 2.05) is 6.92 Å². The van der Waals surface area contributed by atoms with Crippen molar-refractivity contribution in [2.24, 2.45) is 0 Å². The summed E-state index contributed by atoms with van der Waals surface area (Å²) in [4.78, 5) is 32.3. The molecule has 0 spiro atoms. The van der Waals surface area contributed by atoms with Gasteiger partial charge in [0.2, 0.25) is 0 Å². The Morgan fingerprint density at radius 3 is 2.52 bits per heavy atom. The van der Waals surface area contributed by atoms with E-state index >= 15 is 0 Å². The first-order valence-corrected chi connectivity index (χ1v) is 8.90. The SMILES string of the molecule is CCOc1ccc(NC(=O)c2cc(Nc3cccc(C(=O)OC)c3)ncn2)cc1. The number of anilines is 3. The molecule has 1 amide bonds. The van der Waals surface area contributed by atoms with E-state index in [1.54, 1.807) is 48.5 Å². The lowest BCUT2D eigenvalue weighted by atomic mass is 10.2. The fourth-order valence-corrected chi connectivity index (χ4v) is 2.54. The van der Waals surface area contributed by atoms with Gasteiger partial charge in [0.05, 0.1) is 19.3 Å². The van der Waals surface area contributed by atoms with Gasteiger partial charge in [-0.05, 0) is 49.4 Å². The van der Waals surface area contributed by atoms with Gasteiger partial charge in [-0.2, -0.15) is 0 Å². The predicted octanol–water partition coefficient (Wildman–Crippen LogP) is 3.66. The number of rotatable bonds is 7. The summed E-state index contributed by atoms with van der Waals surface area (Å²) in [5.41, 5.74) is 1.85. The van der Waals surface area contributed by atoms with Crippen LogP contribution in [0.2, 0.25) is 0 Å². The number of benzene rings is 2. The van der Waals surface area contributed by atoms with Crippen LogP contribution in [0, 0.1) is 0 Å². The summed E-state index contributed by atoms with van der Waals surface area (Å²) in [6, 6.07) is 15.3. The lowest BCUT2D eigenvalue weighted by Gasteiger charge is -2.09. The molecule has 0 saturated carbocycles. The molecular formula is C21H20N4O4. The topological polar surface area (TPSA) is 102 Å². The lowest BCUT2D eigenvalue weighted by Crippen LogP contribution is -2.14. The van der Waals surface area contributed by atoms with E-state index in [0.29, 0.717) is 29.4 Å². The molecule has 2 aromatic carbocycles. The van der Waals surface area contributed by atoms with Crippen LogP contribution in [0.25, 0.3) is 0 Å². The fraction of sp³-hybridized carbons (Fsp3) is 0.143. The van der Waals surface area contributed by atoms with Crippen molar-refractivity contribution in [3.05, 3.63) is 72.2 Å². The van der Waals surface area contributed by atoms with Gasteiger partial charge in [0, 0.05) is 17.4 Å². The van der Waals surface area contributed by atoms with E-state index in [1.165, 1.54) is 19.5 Å². The van der Waals surface area contributed by atoms with E-state index in [0.717, 1.165) is 5.75 Å². The molecule has 0 fully saturated rings. The number of carbonyl (C=O) groups is 2. The molecule has 0 radical (unpaired) electrons. The van der Waals surface area contributed by atoms with E-state index < -0.39 is 5.97 Å². The Morgan fingerprint density at radius 1 is 1.00 bits per heavy atom. The maximum Gasteiger partial charge on any atom is 0.337 e. The van der Waals surface area contributed by atoms with Gasteiger partial charge >= 0.3 is 5.97 Å². The number of hydrogen-bond donors (Lipinski definition) is 2. The van der Waals surface area contributed by atoms with E-state index in [2.05, 4.69) is 20.6 Å². The third-order valence-electron chi connectivity index (χ3n) is 3.88. The number of carbonyl (C=O) groups excluding carboxylic acids is 2. The van der Waals surface area contributed by atoms with E-state index in [9.17, 15) is 9.59 Å². The highest BCUT2D eigenvalue weighted by molar-refractivity contribution is 6.03. The number of nitrogens with zero attached hydrogens (tertiary/aromatic N) is 2. The highest BCUT2D eigenvalue weighted by atomic mass is 16.5. The normalized spacial score (nSPS) is 10.1. The van der Waals surface area contributed by atoms with Crippen molar-refractivity contribution in [1.29, 1.82) is 0 Å². The van der Waals surface area contributed by atoms with Gasteiger partial charge in [0.25, 0.3) is 5.91 Å². The van der Waals surface area contributed by atoms with Crippen LogP contribution in [0.4, 0.5) is 17.2 Å². The van der Waals surface area contributed by atoms with Crippen molar-refractivity contribution >= 4 is 29.1 Å². The summed E-state index contributed by atoms with van der Waals surface area (Å²) in [7, 11) is 1.32. The first-order chi connectivity index (χ1) is 14.1. The molecule has 0 aliphatic carbocycles. The lowest BCUT2D eigenvalue weighted by molar-refractivity contribution is 0.0600. The number of esters is 1. The van der Waals surface area contributed by atoms with Crippen molar-refractivity contribution in [1.82, 2.24) is 9.97 Å². The first kappa shape index (κ1) is 19.8. The molecular weight excluding hydrogens is 372 g/mol. The van der Waals surface area contributed by atoms with Gasteiger partial charge in [0.15, 0.2) is 0 Å². The quantitative estimate of drug-likeness (QED) is 0.592. The molecule has 1 heterocycles. The second-order valence-electron chi connectivity index (χ2n) is 5.90. The van der Waals surface area contributed by atoms with Crippen molar-refractivity contribution < 1.29 is 19.1 Å². The molecule has 0 atom stereocenters. The summed E-state index contributed by atoms with van der Waals surface area (Å²) in [6.07, 6.45) is 1.29. The number of aromatic nitrogens is 2. The minimum Gasteiger partial charge on any atom is -0.494 e. The number of ether oxygens (including phenoxy) is 2. The molecule has 0 bridgehead atoms. The van der Waals surface area contributed by atoms with Crippen LogP contribution in [0.15, 0.2) is 60.9 Å². The molecule has 3 rings (SSSR count). The summed E-state index contributed by atoms with van der Waals surface area (Å²) in [6.45, 7) is 2.48. The Bertz CT molecular complexity index is 1010. The summed E-state index contributed by atoms with van der Waals surface area (Å²) >= 11 is 0. The molecule has 29 heavy (non-hydrogen) atoms. The molecule has 8 nitrogen and oxygen atoms in total. The number of methoxy groups -OCH3 is 1. The van der Waals surface area contributed by atoms with Gasteiger partial charge in [0.1, 0.15) is 23.6 Å². The molecule has 0 aliphatic rings. The van der Waals surface area contributed by atoms with Crippen LogP contribution in [-0.4, -0.2) is 35.6 Å². The van der Waals surface area contributed by atoms with Gasteiger partial charge < -0.3 is 20.1 Å². The largest absolute Gasteiger partial charge is 0.494 e. The molecule has 0 saturated heterocycles. The second-order valence-corrected chi connectivity index (χ2v) is 5.90. The Kier molecular flexibility index (Phi) is 6.36. The minimum absolute atomic E-state index is 0.195. The molecule has 3 aromatic rings. The van der Waals surface area contributed by atoms with Gasteiger partial charge in [-0.1, -0.05) is 6.07 Å². The summed E-state index contributed by atoms with van der Waals surface area (Å²) < 4.78 is 10.1. The molecule has 0 aliphatic heterocycles. The third kappa shape index (κ3) is 5.29. The van der Waals surface area contributed by atoms with Crippen molar-refractivity contribution in [3.63, 3.8) is 0 Å². The van der Waals surface area contributed by atoms with Crippen molar-refractivity contribution in [2.45, 2.75) is 6.92 Å². The van der Waals surface area contributed by atoms with Crippen LogP contribution in [-0.2, 0) is 4.74 Å². The maximum atomic E-state index is 12.5. The Hall–Kier alpha value is -3.94. The number of amides is 1. The zero-order valence-corrected chi connectivity index (χ0v) is 16.0. The Balaban J connectivity index is 1.70. The van der Waals surface area contributed by atoms with Gasteiger partial charge in [-0.15, -0.1) is 0 Å². The van der Waals surface area contributed by atoms with Crippen molar-refractivity contribution in [2.75, 3.05) is 24.4 Å². The van der Waals surface area contributed by atoms with Crippen LogP contribution in [0.1, 0.15) is 27.8 Å². The fourth-order valence-electron chi connectivity index (χ4n) is 2.54. The number of hydrogen-bond acceptors (Lipinski definition) is 7. The molecule has 2 N–H and O–H groups in total. The summed E-state index contributed by atoms with van der Waals surface area (Å²) in [5.74, 6) is 0.335. The Labute approximate surface area is 167 Å². The van der Waals surface area contributed by atoms with E-state index in [4.69, 9.17) is 9.47 Å². The standard InChI is InChI=1S/C21H20N4O4/c1-3-29-17-9-7-15(8-10-17)25-20(26)18-12-19(23-13-22-18)24-16-6-4-5-14(11-16)21(27)28-2/h4-13H,3H2,1-2H3,(H,25,26)(H,22,23,24). The van der Waals surface area contributed by atoms with Crippen LogP contribution >= 0.6 is 0 Å². The second kappa shape index (κ2) is 9.32. The molecule has 148 valence electrons. The van der Waals surface area contributed by atoms with Crippen LogP contribution in [0.3, 0.4) is 0 Å². The first-order valence-electron chi connectivity index (χ1n) is 8.90. The monoisotopic (exact) mass is 392 g/mol. The maximum absolute atomic E-state index is 12.5. The number of nitrogens with one attached hydrogen (secondary N) is 2. The smallest absolute Gasteiger partial charge is 0.337 e. The average Bonchev–Trinajstić information content (AvgIpc) is 2.75.